The van der Waals surface area contributed by atoms with Crippen LogP contribution in [-0.2, 0) is 23.4 Å². The lowest BCUT2D eigenvalue weighted by Gasteiger charge is -2.36. The van der Waals surface area contributed by atoms with Crippen molar-refractivity contribution in [1.29, 1.82) is 5.26 Å². The van der Waals surface area contributed by atoms with Crippen molar-refractivity contribution in [3.05, 3.63) is 54.8 Å². The van der Waals surface area contributed by atoms with Crippen LogP contribution >= 0.6 is 7.75 Å². The molecule has 6 atom stereocenters. The SMILES string of the molecule is C=C/C=C1/C(N)=NC=NN1[C@]1(C#N)O[C@H](COP(=O)(N[C@@H](C)C(=O)OC(C)C)Oc2ccccc2)[C@@H](O)[C@H]1O. The van der Waals surface area contributed by atoms with Crippen LogP contribution in [0.1, 0.15) is 20.8 Å². The summed E-state index contributed by atoms with van der Waals surface area (Å²) >= 11 is 0. The fraction of sp³-hybridized carbons (Fsp3) is 0.417. The molecule has 15 heteroatoms. The molecule has 0 radical (unpaired) electrons. The average Bonchev–Trinajstić information content (AvgIpc) is 3.14. The summed E-state index contributed by atoms with van der Waals surface area (Å²) in [7, 11) is -4.32. The third-order valence-corrected chi connectivity index (χ3v) is 7.12. The van der Waals surface area contributed by atoms with Gasteiger partial charge in [-0.1, -0.05) is 30.9 Å². The summed E-state index contributed by atoms with van der Waals surface area (Å²) in [4.78, 5) is 16.2. The van der Waals surface area contributed by atoms with Crippen molar-refractivity contribution >= 4 is 25.9 Å². The number of aliphatic imine (C=N–C) groups is 1. The number of aliphatic hydroxyl groups excluding tert-OH is 2. The molecule has 0 aromatic heterocycles. The van der Waals surface area contributed by atoms with E-state index in [1.807, 2.05) is 6.07 Å². The van der Waals surface area contributed by atoms with E-state index in [4.69, 9.17) is 24.3 Å². The number of hydrazone groups is 1. The number of carbonyl (C=O) groups excluding carboxylic acids is 1. The number of esters is 1. The third kappa shape index (κ3) is 6.72. The molecule has 5 N–H and O–H groups in total. The number of nitrogens with two attached hydrogens (primary N) is 1. The number of amidine groups is 1. The highest BCUT2D eigenvalue weighted by Crippen LogP contribution is 2.46. The second-order valence-electron chi connectivity index (χ2n) is 8.78. The second-order valence-corrected chi connectivity index (χ2v) is 10.5. The number of rotatable bonds is 11. The molecule has 2 aliphatic rings. The van der Waals surface area contributed by atoms with Gasteiger partial charge in [-0.2, -0.15) is 15.5 Å². The highest BCUT2D eigenvalue weighted by molar-refractivity contribution is 7.52. The average molecular weight is 563 g/mol. The molecule has 0 aliphatic carbocycles. The van der Waals surface area contributed by atoms with Crippen LogP contribution in [0.3, 0.4) is 0 Å². The van der Waals surface area contributed by atoms with Gasteiger partial charge in [-0.15, -0.1) is 0 Å². The fourth-order valence-electron chi connectivity index (χ4n) is 3.67. The van der Waals surface area contributed by atoms with E-state index in [1.165, 1.54) is 31.2 Å². The van der Waals surface area contributed by atoms with Crippen molar-refractivity contribution < 1.29 is 38.1 Å². The van der Waals surface area contributed by atoms with Crippen LogP contribution in [0, 0.1) is 11.3 Å². The molecule has 1 fully saturated rings. The van der Waals surface area contributed by atoms with Gasteiger partial charge in [0, 0.05) is 0 Å². The molecule has 2 aliphatic heterocycles. The van der Waals surface area contributed by atoms with Crippen LogP contribution in [0.25, 0.3) is 0 Å². The topological polar surface area (TPSA) is 201 Å². The number of hydrogen-bond donors (Lipinski definition) is 4. The normalized spacial score (nSPS) is 27.9. The number of ether oxygens (including phenoxy) is 2. The predicted molar refractivity (Wildman–Crippen MR) is 140 cm³/mol. The van der Waals surface area contributed by atoms with E-state index < -0.39 is 56.5 Å². The lowest BCUT2D eigenvalue weighted by Crippen LogP contribution is -2.55. The standard InChI is InChI=1S/C24H31N6O8P/c1-5-9-18-22(26)27-14-28-30(18)24(13-25)21(32)20(31)19(37-24)12-35-39(34,38-17-10-7-6-8-11-17)29-16(4)23(33)36-15(2)3/h5-11,14-16,19-21,31-32H,1,12H2,2-4H3,(H,29,34)(H2,26,27,28)/b18-9-/t16-,19+,20+,21+,24+,39?/m0/s1. The fourth-order valence-corrected chi connectivity index (χ4v) is 5.17. The predicted octanol–water partition coefficient (Wildman–Crippen LogP) is 1.15. The van der Waals surface area contributed by atoms with E-state index >= 15 is 0 Å². The number of nitrogens with one attached hydrogen (secondary N) is 1. The molecule has 14 nitrogen and oxygen atoms in total. The van der Waals surface area contributed by atoms with Crippen molar-refractivity contribution in [2.24, 2.45) is 15.8 Å². The zero-order valence-corrected chi connectivity index (χ0v) is 22.5. The Kier molecular flexibility index (Phi) is 9.63. The quantitative estimate of drug-likeness (QED) is 0.222. The number of carbonyl (C=O) groups is 1. The second kappa shape index (κ2) is 12.5. The van der Waals surface area contributed by atoms with Crippen molar-refractivity contribution in [1.82, 2.24) is 10.1 Å². The van der Waals surface area contributed by atoms with Gasteiger partial charge < -0.3 is 29.9 Å². The molecule has 1 aromatic carbocycles. The van der Waals surface area contributed by atoms with Crippen molar-refractivity contribution in [3.63, 3.8) is 0 Å². The summed E-state index contributed by atoms with van der Waals surface area (Å²) in [5, 5.41) is 39.2. The Bertz CT molecular complexity index is 1230. The first-order valence-electron chi connectivity index (χ1n) is 11.9. The zero-order chi connectivity index (χ0) is 28.8. The molecule has 1 saturated heterocycles. The number of benzene rings is 1. The summed E-state index contributed by atoms with van der Waals surface area (Å²) in [5.41, 5.74) is 3.73. The zero-order valence-electron chi connectivity index (χ0n) is 21.6. The van der Waals surface area contributed by atoms with Crippen molar-refractivity contribution in [2.75, 3.05) is 6.61 Å². The molecule has 1 aromatic rings. The highest BCUT2D eigenvalue weighted by atomic mass is 31.2. The Labute approximate surface area is 225 Å². The molecule has 0 bridgehead atoms. The van der Waals surface area contributed by atoms with Crippen LogP contribution in [0.15, 0.2) is 64.9 Å². The summed E-state index contributed by atoms with van der Waals surface area (Å²) in [6, 6.07) is 8.76. The number of aliphatic hydroxyl groups is 2. The maximum Gasteiger partial charge on any atom is 0.459 e. The first-order valence-corrected chi connectivity index (χ1v) is 13.4. The first kappa shape index (κ1) is 30.0. The number of para-hydroxylation sites is 1. The van der Waals surface area contributed by atoms with E-state index in [1.54, 1.807) is 32.0 Å². The summed E-state index contributed by atoms with van der Waals surface area (Å²) < 4.78 is 35.8. The van der Waals surface area contributed by atoms with Gasteiger partial charge in [0.15, 0.2) is 5.84 Å². The summed E-state index contributed by atoms with van der Waals surface area (Å²) in [5.74, 6) is -0.587. The van der Waals surface area contributed by atoms with E-state index in [0.29, 0.717) is 0 Å². The smallest absolute Gasteiger partial charge is 0.459 e. The van der Waals surface area contributed by atoms with Crippen molar-refractivity contribution in [3.8, 4) is 11.8 Å². The van der Waals surface area contributed by atoms with Gasteiger partial charge in [0.25, 0.3) is 5.72 Å². The van der Waals surface area contributed by atoms with Crippen LogP contribution in [0.4, 0.5) is 0 Å². The van der Waals surface area contributed by atoms with E-state index in [0.717, 1.165) is 11.3 Å². The minimum atomic E-state index is -4.32. The molecular weight excluding hydrogens is 531 g/mol. The Balaban J connectivity index is 1.84. The molecule has 0 amide bonds. The van der Waals surface area contributed by atoms with Gasteiger partial charge in [-0.25, -0.2) is 14.6 Å². The minimum Gasteiger partial charge on any atom is -0.462 e. The van der Waals surface area contributed by atoms with Gasteiger partial charge in [0.05, 0.1) is 12.7 Å². The van der Waals surface area contributed by atoms with E-state index in [-0.39, 0.29) is 17.3 Å². The molecule has 0 spiro atoms. The highest BCUT2D eigenvalue weighted by Gasteiger charge is 2.60. The third-order valence-electron chi connectivity index (χ3n) is 5.48. The van der Waals surface area contributed by atoms with Crippen LogP contribution < -0.4 is 15.3 Å². The lowest BCUT2D eigenvalue weighted by atomic mass is 10.0. The maximum absolute atomic E-state index is 13.7. The maximum atomic E-state index is 13.7. The van der Waals surface area contributed by atoms with Gasteiger partial charge in [-0.05, 0) is 39.0 Å². The molecule has 1 unspecified atom stereocenters. The Morgan fingerprint density at radius 3 is 2.69 bits per heavy atom. The lowest BCUT2D eigenvalue weighted by molar-refractivity contribution is -0.149. The van der Waals surface area contributed by atoms with Gasteiger partial charge in [-0.3, -0.25) is 9.32 Å². The number of nitriles is 1. The van der Waals surface area contributed by atoms with Crippen LogP contribution in [-0.4, -0.2) is 76.2 Å². The summed E-state index contributed by atoms with van der Waals surface area (Å²) in [6.07, 6.45) is -1.55. The first-order chi connectivity index (χ1) is 18.5. The summed E-state index contributed by atoms with van der Waals surface area (Å²) in [6.45, 7) is 7.68. The van der Waals surface area contributed by atoms with Gasteiger partial charge >= 0.3 is 13.7 Å². The molecule has 0 saturated carbocycles. The van der Waals surface area contributed by atoms with Crippen LogP contribution in [0.5, 0.6) is 5.75 Å². The minimum absolute atomic E-state index is 0.0447. The molecule has 3 rings (SSSR count). The molecular formula is C24H31N6O8P. The van der Waals surface area contributed by atoms with E-state index in [9.17, 15) is 24.8 Å². The van der Waals surface area contributed by atoms with E-state index in [2.05, 4.69) is 21.8 Å². The van der Waals surface area contributed by atoms with Gasteiger partial charge in [0.2, 0.25) is 0 Å². The molecule has 39 heavy (non-hydrogen) atoms. The monoisotopic (exact) mass is 562 g/mol. The number of nitrogens with zero attached hydrogens (tertiary/aromatic N) is 4. The Hall–Kier alpha value is -3.57. The molecule has 210 valence electrons. The van der Waals surface area contributed by atoms with Crippen molar-refractivity contribution in [2.45, 2.75) is 57.0 Å². The Morgan fingerprint density at radius 2 is 2.08 bits per heavy atom. The number of hydrogen-bond acceptors (Lipinski definition) is 13. The van der Waals surface area contributed by atoms with Gasteiger partial charge in [0.1, 0.15) is 48.2 Å². The van der Waals surface area contributed by atoms with Crippen LogP contribution in [0.2, 0.25) is 0 Å². The largest absolute Gasteiger partial charge is 0.462 e. The molecule has 2 heterocycles. The number of allylic oxidation sites excluding steroid dienone is 2. The Morgan fingerprint density at radius 1 is 1.38 bits per heavy atom.